The standard InChI is InChI=1S/C16H19NO3/c1-12-6-7-13(4-3-9-18)15(10-12)16(20)17-8-2-5-14(19)11-17/h6-7,10,14,18-19H,2,5,8-9,11H2,1H3. The molecule has 106 valence electrons. The van der Waals surface area contributed by atoms with Crippen molar-refractivity contribution in [3.05, 3.63) is 34.9 Å². The van der Waals surface area contributed by atoms with Crippen LogP contribution in [-0.2, 0) is 0 Å². The molecule has 1 aromatic carbocycles. The summed E-state index contributed by atoms with van der Waals surface area (Å²) in [5.41, 5.74) is 2.15. The van der Waals surface area contributed by atoms with Gasteiger partial charge in [-0.1, -0.05) is 23.5 Å². The number of benzene rings is 1. The lowest BCUT2D eigenvalue weighted by atomic mass is 10.0. The number of carbonyl (C=O) groups is 1. The molecule has 2 N–H and O–H groups in total. The van der Waals surface area contributed by atoms with Gasteiger partial charge in [0.05, 0.1) is 11.7 Å². The smallest absolute Gasteiger partial charge is 0.255 e. The minimum Gasteiger partial charge on any atom is -0.391 e. The van der Waals surface area contributed by atoms with Crippen LogP contribution in [0.4, 0.5) is 0 Å². The summed E-state index contributed by atoms with van der Waals surface area (Å²) in [6.07, 6.45) is 1.12. The van der Waals surface area contributed by atoms with E-state index in [4.69, 9.17) is 5.11 Å². The average Bonchev–Trinajstić information content (AvgIpc) is 2.45. The third-order valence-electron chi connectivity index (χ3n) is 3.39. The molecular weight excluding hydrogens is 254 g/mol. The van der Waals surface area contributed by atoms with Gasteiger partial charge < -0.3 is 15.1 Å². The van der Waals surface area contributed by atoms with E-state index in [0.717, 1.165) is 18.4 Å². The zero-order chi connectivity index (χ0) is 14.5. The average molecular weight is 273 g/mol. The number of nitrogens with zero attached hydrogens (tertiary/aromatic N) is 1. The van der Waals surface area contributed by atoms with Crippen LogP contribution in [0.2, 0.25) is 0 Å². The molecule has 1 aliphatic heterocycles. The Morgan fingerprint density at radius 1 is 1.50 bits per heavy atom. The Kier molecular flexibility index (Phi) is 4.78. The lowest BCUT2D eigenvalue weighted by Crippen LogP contribution is -2.42. The molecule has 1 aliphatic rings. The van der Waals surface area contributed by atoms with Crippen LogP contribution in [0.15, 0.2) is 18.2 Å². The van der Waals surface area contributed by atoms with Gasteiger partial charge in [-0.3, -0.25) is 4.79 Å². The van der Waals surface area contributed by atoms with E-state index < -0.39 is 6.10 Å². The Balaban J connectivity index is 2.30. The SMILES string of the molecule is Cc1ccc(C#CCO)c(C(=O)N2CCCC(O)C2)c1. The van der Waals surface area contributed by atoms with E-state index in [1.54, 1.807) is 11.0 Å². The van der Waals surface area contributed by atoms with Crippen LogP contribution < -0.4 is 0 Å². The first-order valence-corrected chi connectivity index (χ1v) is 6.79. The zero-order valence-electron chi connectivity index (χ0n) is 11.6. The highest BCUT2D eigenvalue weighted by Gasteiger charge is 2.24. The van der Waals surface area contributed by atoms with Crippen molar-refractivity contribution < 1.29 is 15.0 Å². The van der Waals surface area contributed by atoms with Crippen LogP contribution in [-0.4, -0.2) is 46.8 Å². The fourth-order valence-corrected chi connectivity index (χ4v) is 2.39. The van der Waals surface area contributed by atoms with Crippen LogP contribution in [0, 0.1) is 18.8 Å². The summed E-state index contributed by atoms with van der Waals surface area (Å²) in [7, 11) is 0. The first-order chi connectivity index (χ1) is 9.61. The molecule has 20 heavy (non-hydrogen) atoms. The molecule has 1 unspecified atom stereocenters. The van der Waals surface area contributed by atoms with E-state index >= 15 is 0 Å². The van der Waals surface area contributed by atoms with Gasteiger partial charge in [0, 0.05) is 18.7 Å². The minimum absolute atomic E-state index is 0.102. The predicted molar refractivity (Wildman–Crippen MR) is 76.3 cm³/mol. The van der Waals surface area contributed by atoms with Crippen LogP contribution in [0.1, 0.15) is 34.3 Å². The van der Waals surface area contributed by atoms with Crippen molar-refractivity contribution in [2.24, 2.45) is 0 Å². The summed E-state index contributed by atoms with van der Waals surface area (Å²) in [6, 6.07) is 5.50. The molecule has 0 saturated carbocycles. The Labute approximate surface area is 119 Å². The molecule has 1 aromatic rings. The molecule has 1 heterocycles. The second-order valence-corrected chi connectivity index (χ2v) is 5.06. The Morgan fingerprint density at radius 2 is 2.30 bits per heavy atom. The van der Waals surface area contributed by atoms with Crippen molar-refractivity contribution in [1.29, 1.82) is 0 Å². The number of hydrogen-bond acceptors (Lipinski definition) is 3. The number of β-amino-alcohol motifs (C(OH)–C–C–N with tert-alkyl or cyclic N) is 1. The lowest BCUT2D eigenvalue weighted by Gasteiger charge is -2.30. The van der Waals surface area contributed by atoms with Crippen LogP contribution in [0.25, 0.3) is 0 Å². The summed E-state index contributed by atoms with van der Waals surface area (Å²) in [6.45, 7) is 2.73. The Hall–Kier alpha value is -1.83. The molecular formula is C16H19NO3. The fraction of sp³-hybridized carbons (Fsp3) is 0.438. The normalized spacial score (nSPS) is 18.4. The van der Waals surface area contributed by atoms with Crippen molar-refractivity contribution in [2.45, 2.75) is 25.9 Å². The second kappa shape index (κ2) is 6.56. The monoisotopic (exact) mass is 273 g/mol. The molecule has 4 heteroatoms. The number of rotatable bonds is 1. The summed E-state index contributed by atoms with van der Waals surface area (Å²) in [4.78, 5) is 14.2. The summed E-state index contributed by atoms with van der Waals surface area (Å²) in [5, 5.41) is 18.5. The van der Waals surface area contributed by atoms with Crippen LogP contribution in [0.5, 0.6) is 0 Å². The number of aliphatic hydroxyl groups is 2. The molecule has 1 atom stereocenters. The summed E-state index contributed by atoms with van der Waals surface area (Å²) in [5.74, 6) is 5.29. The number of hydrogen-bond donors (Lipinski definition) is 2. The van der Waals surface area contributed by atoms with E-state index in [0.29, 0.717) is 24.2 Å². The van der Waals surface area contributed by atoms with Gasteiger partial charge >= 0.3 is 0 Å². The van der Waals surface area contributed by atoms with E-state index in [2.05, 4.69) is 11.8 Å². The van der Waals surface area contributed by atoms with Gasteiger partial charge in [-0.25, -0.2) is 0 Å². The molecule has 0 aliphatic carbocycles. The first kappa shape index (κ1) is 14.6. The molecule has 0 aromatic heterocycles. The van der Waals surface area contributed by atoms with Crippen molar-refractivity contribution in [1.82, 2.24) is 4.90 Å². The summed E-state index contributed by atoms with van der Waals surface area (Å²) >= 11 is 0. The van der Waals surface area contributed by atoms with Crippen molar-refractivity contribution >= 4 is 5.91 Å². The topological polar surface area (TPSA) is 60.8 Å². The number of amides is 1. The Bertz CT molecular complexity index is 557. The van der Waals surface area contributed by atoms with Crippen molar-refractivity contribution in [3.8, 4) is 11.8 Å². The van der Waals surface area contributed by atoms with E-state index in [1.165, 1.54) is 0 Å². The predicted octanol–water partition coefficient (Wildman–Crippen LogP) is 0.936. The first-order valence-electron chi connectivity index (χ1n) is 6.79. The fourth-order valence-electron chi connectivity index (χ4n) is 2.39. The lowest BCUT2D eigenvalue weighted by molar-refractivity contribution is 0.0473. The zero-order valence-corrected chi connectivity index (χ0v) is 11.6. The molecule has 0 spiro atoms. The molecule has 0 bridgehead atoms. The maximum absolute atomic E-state index is 12.6. The molecule has 1 fully saturated rings. The largest absolute Gasteiger partial charge is 0.391 e. The maximum Gasteiger partial charge on any atom is 0.255 e. The molecule has 0 radical (unpaired) electrons. The second-order valence-electron chi connectivity index (χ2n) is 5.06. The van der Waals surface area contributed by atoms with Gasteiger partial charge in [-0.15, -0.1) is 0 Å². The van der Waals surface area contributed by atoms with Crippen molar-refractivity contribution in [2.75, 3.05) is 19.7 Å². The van der Waals surface area contributed by atoms with Crippen LogP contribution >= 0.6 is 0 Å². The van der Waals surface area contributed by atoms with Gasteiger partial charge in [0.25, 0.3) is 5.91 Å². The molecule has 4 nitrogen and oxygen atoms in total. The minimum atomic E-state index is -0.440. The van der Waals surface area contributed by atoms with E-state index in [-0.39, 0.29) is 12.5 Å². The van der Waals surface area contributed by atoms with Gasteiger partial charge in [-0.2, -0.15) is 0 Å². The highest BCUT2D eigenvalue weighted by Crippen LogP contribution is 2.17. The number of piperidine rings is 1. The van der Waals surface area contributed by atoms with E-state index in [9.17, 15) is 9.90 Å². The molecule has 2 rings (SSSR count). The number of aryl methyl sites for hydroxylation is 1. The summed E-state index contributed by atoms with van der Waals surface area (Å²) < 4.78 is 0. The number of carbonyl (C=O) groups excluding carboxylic acids is 1. The Morgan fingerprint density at radius 3 is 3.00 bits per heavy atom. The number of likely N-dealkylation sites (tertiary alicyclic amines) is 1. The van der Waals surface area contributed by atoms with Gasteiger partial charge in [-0.05, 0) is 31.9 Å². The quantitative estimate of drug-likeness (QED) is 0.749. The maximum atomic E-state index is 12.6. The van der Waals surface area contributed by atoms with Gasteiger partial charge in [0.2, 0.25) is 0 Å². The van der Waals surface area contributed by atoms with Crippen LogP contribution in [0.3, 0.4) is 0 Å². The van der Waals surface area contributed by atoms with Gasteiger partial charge in [0.1, 0.15) is 6.61 Å². The number of aliphatic hydroxyl groups excluding tert-OH is 2. The van der Waals surface area contributed by atoms with E-state index in [1.807, 2.05) is 19.1 Å². The third-order valence-corrected chi connectivity index (χ3v) is 3.39. The molecule has 1 amide bonds. The highest BCUT2D eigenvalue weighted by molar-refractivity contribution is 5.97. The van der Waals surface area contributed by atoms with Gasteiger partial charge in [0.15, 0.2) is 0 Å². The highest BCUT2D eigenvalue weighted by atomic mass is 16.3. The third kappa shape index (κ3) is 3.38. The molecule has 1 saturated heterocycles. The van der Waals surface area contributed by atoms with Crippen molar-refractivity contribution in [3.63, 3.8) is 0 Å².